The predicted octanol–water partition coefficient (Wildman–Crippen LogP) is 23.7. The van der Waals surface area contributed by atoms with Crippen molar-refractivity contribution in [1.29, 1.82) is 0 Å². The molecule has 0 heterocycles. The molecule has 9 nitrogen and oxygen atoms in total. The number of rotatable bonds is 21. The predicted molar refractivity (Wildman–Crippen MR) is 419 cm³/mol. The minimum Gasteiger partial charge on any atom is -0.508 e. The fraction of sp³-hybridized carbons (Fsp3) is 0.543. The maximum atomic E-state index is 8.85. The molecule has 4 bridgehead atoms. The molecule has 0 aliphatic heterocycles. The van der Waals surface area contributed by atoms with Gasteiger partial charge in [-0.25, -0.2) is 0 Å². The van der Waals surface area contributed by atoms with Crippen molar-refractivity contribution < 1.29 is 43.7 Å². The number of phenols is 3. The molecule has 7 aromatic rings. The quantitative estimate of drug-likeness (QED) is 0.0605. The van der Waals surface area contributed by atoms with Crippen molar-refractivity contribution in [3.63, 3.8) is 0 Å². The summed E-state index contributed by atoms with van der Waals surface area (Å²) < 4.78 is 37.3. The number of methoxy groups -OCH3 is 1. The molecule has 13 rings (SSSR count). The number of fused-ring (bicyclic) bond motifs is 1. The van der Waals surface area contributed by atoms with Crippen LogP contribution in [-0.2, 0) is 65.6 Å². The topological polar surface area (TPSA) is 116 Å². The largest absolute Gasteiger partial charge is 0.508 e. The molecule has 5 fully saturated rings. The fourth-order valence-electron chi connectivity index (χ4n) is 15.5. The van der Waals surface area contributed by atoms with Gasteiger partial charge >= 0.3 is 0 Å². The molecular formula is C92H130O9. The Morgan fingerprint density at radius 1 is 0.376 bits per heavy atom. The molecule has 3 unspecified atom stereocenters. The summed E-state index contributed by atoms with van der Waals surface area (Å²) in [7, 11) is 1.80. The van der Waals surface area contributed by atoms with Crippen LogP contribution in [0.1, 0.15) is 232 Å². The van der Waals surface area contributed by atoms with Crippen molar-refractivity contribution in [2.75, 3.05) is 7.11 Å². The van der Waals surface area contributed by atoms with Gasteiger partial charge in [0, 0.05) is 26.4 Å². The van der Waals surface area contributed by atoms with Crippen molar-refractivity contribution in [1.82, 2.24) is 0 Å². The second-order valence-corrected chi connectivity index (χ2v) is 33.0. The third-order valence-electron chi connectivity index (χ3n) is 21.0. The van der Waals surface area contributed by atoms with Crippen molar-refractivity contribution in [2.45, 2.75) is 270 Å². The second kappa shape index (κ2) is 39.8. The van der Waals surface area contributed by atoms with Gasteiger partial charge in [-0.1, -0.05) is 201 Å². The van der Waals surface area contributed by atoms with Crippen LogP contribution in [0.3, 0.4) is 0 Å². The third-order valence-corrected chi connectivity index (χ3v) is 21.0. The summed E-state index contributed by atoms with van der Waals surface area (Å²) in [5.74, 6) is 7.55. The van der Waals surface area contributed by atoms with Crippen LogP contribution in [0.25, 0.3) is 0 Å². The van der Waals surface area contributed by atoms with Crippen molar-refractivity contribution >= 4 is 0 Å². The van der Waals surface area contributed by atoms with Gasteiger partial charge in [0.05, 0.1) is 12.2 Å². The number of hydrogen-bond donors (Lipinski definition) is 3. The zero-order valence-electron chi connectivity index (χ0n) is 65.0. The Balaban J connectivity index is 0.000000180. The molecule has 101 heavy (non-hydrogen) atoms. The number of aromatic hydroxyl groups is 3. The molecule has 9 heteroatoms. The Hall–Kier alpha value is -6.78. The highest BCUT2D eigenvalue weighted by atomic mass is 16.7. The Kier molecular flexibility index (Phi) is 32.1. The first kappa shape index (κ1) is 81.5. The average molecular weight is 1380 g/mol. The van der Waals surface area contributed by atoms with Gasteiger partial charge in [-0.15, -0.1) is 0 Å². The first-order valence-electron chi connectivity index (χ1n) is 38.7. The molecule has 0 saturated heterocycles. The molecule has 3 atom stereocenters. The summed E-state index contributed by atoms with van der Waals surface area (Å²) in [6, 6.07) is 55.8. The lowest BCUT2D eigenvalue weighted by atomic mass is 9.49. The molecule has 6 aliphatic rings. The van der Waals surface area contributed by atoms with E-state index in [0.29, 0.717) is 34.2 Å². The lowest BCUT2D eigenvalue weighted by molar-refractivity contribution is -0.147. The SMILES string of the molecule is CCc1ccc(O)cc1.CCc1ccc(O)cc1.CCc1ccc(O)cc1.CCc1ccc(OC(CC(C)(C)C)OC2CCC(C(C)(C)C)CC2)cc1.CCc1ccc(OC(CC(C)(C)C)OC2Cc3ccccc3C2)cc1.CCc1ccc(OC(CC23CC4CC(CC(C4)C2)C3)OC)cc1. The molecule has 0 aromatic heterocycles. The van der Waals surface area contributed by atoms with E-state index >= 15 is 0 Å². The summed E-state index contributed by atoms with van der Waals surface area (Å²) in [5.41, 5.74) is 11.9. The molecule has 6 aliphatic carbocycles. The normalized spacial score (nSPS) is 20.6. The van der Waals surface area contributed by atoms with Crippen LogP contribution in [0.4, 0.5) is 0 Å². The minimum atomic E-state index is -0.216. The smallest absolute Gasteiger partial charge is 0.200 e. The third kappa shape index (κ3) is 28.8. The summed E-state index contributed by atoms with van der Waals surface area (Å²) >= 11 is 0. The average Bonchev–Trinajstić information content (AvgIpc) is 1.22. The molecule has 552 valence electrons. The van der Waals surface area contributed by atoms with E-state index in [9.17, 15) is 0 Å². The second-order valence-electron chi connectivity index (χ2n) is 33.0. The molecule has 3 N–H and O–H groups in total. The van der Waals surface area contributed by atoms with E-state index in [1.54, 1.807) is 43.5 Å². The van der Waals surface area contributed by atoms with Gasteiger partial charge in [-0.3, -0.25) is 0 Å². The number of hydrogen-bond acceptors (Lipinski definition) is 9. The zero-order valence-corrected chi connectivity index (χ0v) is 65.0. The van der Waals surface area contributed by atoms with Crippen LogP contribution in [0.2, 0.25) is 0 Å². The number of ether oxygens (including phenoxy) is 6. The van der Waals surface area contributed by atoms with Crippen LogP contribution in [0, 0.1) is 45.3 Å². The Bertz CT molecular complexity index is 3230. The van der Waals surface area contributed by atoms with Gasteiger partial charge in [0.2, 0.25) is 12.6 Å². The Morgan fingerprint density at radius 3 is 0.941 bits per heavy atom. The molecule has 0 radical (unpaired) electrons. The van der Waals surface area contributed by atoms with Gasteiger partial charge in [0.1, 0.15) is 34.5 Å². The van der Waals surface area contributed by atoms with E-state index < -0.39 is 0 Å². The highest BCUT2D eigenvalue weighted by molar-refractivity contribution is 5.34. The van der Waals surface area contributed by atoms with Crippen LogP contribution >= 0.6 is 0 Å². The summed E-state index contributed by atoms with van der Waals surface area (Å²) in [6.45, 7) is 33.3. The van der Waals surface area contributed by atoms with Gasteiger partial charge in [0.15, 0.2) is 6.29 Å². The highest BCUT2D eigenvalue weighted by Gasteiger charge is 2.52. The minimum absolute atomic E-state index is 0.0984. The van der Waals surface area contributed by atoms with Gasteiger partial charge < -0.3 is 43.7 Å². The molecule has 0 spiro atoms. The lowest BCUT2D eigenvalue weighted by Gasteiger charge is -2.57. The molecule has 5 saturated carbocycles. The van der Waals surface area contributed by atoms with Crippen LogP contribution in [-0.4, -0.2) is 53.5 Å². The van der Waals surface area contributed by atoms with E-state index in [4.69, 9.17) is 43.7 Å². The summed E-state index contributed by atoms with van der Waals surface area (Å²) in [6.07, 6.45) is 24.7. The molecule has 7 aromatic carbocycles. The number of phenolic OH excluding ortho intramolecular Hbond substituents is 3. The number of aryl methyl sites for hydroxylation is 6. The zero-order chi connectivity index (χ0) is 73.2. The van der Waals surface area contributed by atoms with Gasteiger partial charge in [-0.05, 0) is 278 Å². The Morgan fingerprint density at radius 2 is 0.663 bits per heavy atom. The maximum Gasteiger partial charge on any atom is 0.200 e. The van der Waals surface area contributed by atoms with Crippen molar-refractivity contribution in [3.8, 4) is 34.5 Å². The monoisotopic (exact) mass is 1380 g/mol. The standard InChI is InChI=1S/C24H40O2.C23H30O2.C21H30O2.3C8H10O/c1-8-18-9-13-20(14-10-18)25-22(17-23(2,3)4)26-21-15-11-19(12-16-21)24(5,6)7;1-5-17-10-12-20(13-11-17)24-22(16-23(2,3)4)25-21-14-18-8-6-7-9-19(18)15-21;1-3-15-4-6-19(7-5-15)23-20(22-2)14-21-11-16-8-17(12-21)10-18(9-16)13-21;3*1-2-7-3-5-8(9)6-4-7/h9-10,13-14,19,21-22H,8,11-12,15-17H2,1-7H3;6-13,21-22H,5,14-16H2,1-4H3;4-7,16-18,20H,3,8-14H2,1-2H3;3*3-6,9H,2H2,1H3. The van der Waals surface area contributed by atoms with Crippen LogP contribution in [0.15, 0.2) is 170 Å². The lowest BCUT2D eigenvalue weighted by Crippen LogP contribution is -2.48. The van der Waals surface area contributed by atoms with E-state index in [2.05, 4.69) is 201 Å². The van der Waals surface area contributed by atoms with E-state index in [1.807, 2.05) is 36.4 Å². The summed E-state index contributed by atoms with van der Waals surface area (Å²) in [5, 5.41) is 26.6. The fourth-order valence-corrected chi connectivity index (χ4v) is 15.5. The van der Waals surface area contributed by atoms with Gasteiger partial charge in [-0.2, -0.15) is 0 Å². The van der Waals surface area contributed by atoms with Crippen molar-refractivity contribution in [2.24, 2.45) is 45.3 Å². The maximum absolute atomic E-state index is 8.85. The highest BCUT2D eigenvalue weighted by Crippen LogP contribution is 2.62. The van der Waals surface area contributed by atoms with E-state index in [-0.39, 0.29) is 35.8 Å². The first-order valence-corrected chi connectivity index (χ1v) is 38.7. The first-order chi connectivity index (χ1) is 48.1. The van der Waals surface area contributed by atoms with Crippen molar-refractivity contribution in [3.05, 3.63) is 214 Å². The summed E-state index contributed by atoms with van der Waals surface area (Å²) in [4.78, 5) is 0. The van der Waals surface area contributed by atoms with E-state index in [0.717, 1.165) is 124 Å². The molecular weight excluding hydrogens is 1250 g/mol. The van der Waals surface area contributed by atoms with Crippen LogP contribution in [0.5, 0.6) is 34.5 Å². The Labute approximate surface area is 611 Å². The van der Waals surface area contributed by atoms with Gasteiger partial charge in [0.25, 0.3) is 0 Å². The molecule has 0 amide bonds. The van der Waals surface area contributed by atoms with E-state index in [1.165, 1.54) is 95.9 Å². The number of benzene rings is 7. The van der Waals surface area contributed by atoms with Crippen LogP contribution < -0.4 is 14.2 Å².